The molecule has 1 aliphatic carbocycles. The maximum atomic E-state index is 12.4. The van der Waals surface area contributed by atoms with Gasteiger partial charge in [0.15, 0.2) is 0 Å². The fourth-order valence-electron chi connectivity index (χ4n) is 3.26. The second-order valence-corrected chi connectivity index (χ2v) is 8.01. The van der Waals surface area contributed by atoms with Crippen LogP contribution in [0, 0.1) is 27.4 Å². The Morgan fingerprint density at radius 1 is 1.48 bits per heavy atom. The molecule has 0 radical (unpaired) electrons. The highest BCUT2D eigenvalue weighted by Gasteiger charge is 2.61. The van der Waals surface area contributed by atoms with Gasteiger partial charge in [-0.15, -0.1) is 0 Å². The molecule has 3 rings (SSSR count). The molecule has 6 nitrogen and oxygen atoms in total. The number of nitro benzene ring substituents is 1. The molecule has 132 valence electrons. The number of ether oxygens (including phenoxy) is 1. The number of hydrogen-bond acceptors (Lipinski definition) is 6. The second kappa shape index (κ2) is 6.63. The Morgan fingerprint density at radius 3 is 2.88 bits per heavy atom. The van der Waals surface area contributed by atoms with Crippen molar-refractivity contribution in [2.45, 2.75) is 26.9 Å². The van der Waals surface area contributed by atoms with E-state index in [-0.39, 0.29) is 40.6 Å². The molecule has 0 amide bonds. The van der Waals surface area contributed by atoms with Crippen molar-refractivity contribution in [3.8, 4) is 0 Å². The molecule has 1 aromatic rings. The zero-order valence-electron chi connectivity index (χ0n) is 14.1. The van der Waals surface area contributed by atoms with E-state index in [1.165, 1.54) is 23.9 Å². The van der Waals surface area contributed by atoms with Crippen molar-refractivity contribution < 1.29 is 19.2 Å². The third kappa shape index (κ3) is 3.61. The highest BCUT2D eigenvalue weighted by Crippen LogP contribution is 2.60. The van der Waals surface area contributed by atoms with Gasteiger partial charge in [-0.1, -0.05) is 43.8 Å². The fourth-order valence-corrected chi connectivity index (χ4v) is 4.12. The predicted molar refractivity (Wildman–Crippen MR) is 93.8 cm³/mol. The van der Waals surface area contributed by atoms with Gasteiger partial charge in [0.05, 0.1) is 10.8 Å². The van der Waals surface area contributed by atoms with Gasteiger partial charge in [0.1, 0.15) is 6.61 Å². The number of hydrogen-bond donors (Lipinski definition) is 0. The first-order valence-electron chi connectivity index (χ1n) is 8.08. The molecule has 0 bridgehead atoms. The van der Waals surface area contributed by atoms with Crippen LogP contribution in [0.2, 0.25) is 0 Å². The Morgan fingerprint density at radius 2 is 2.24 bits per heavy atom. The van der Waals surface area contributed by atoms with Crippen molar-refractivity contribution in [2.24, 2.45) is 17.3 Å². The first kappa shape index (κ1) is 17.7. The number of non-ortho nitro benzene ring substituents is 1. The van der Waals surface area contributed by atoms with Gasteiger partial charge in [-0.25, -0.2) is 0 Å². The van der Waals surface area contributed by atoms with Crippen LogP contribution in [-0.4, -0.2) is 21.8 Å². The molecule has 0 unspecified atom stereocenters. The van der Waals surface area contributed by atoms with E-state index in [1.807, 2.05) is 19.9 Å². The monoisotopic (exact) mass is 361 g/mol. The lowest BCUT2D eigenvalue weighted by molar-refractivity contribution is -0.384. The van der Waals surface area contributed by atoms with Crippen molar-refractivity contribution in [2.75, 3.05) is 5.75 Å². The third-order valence-electron chi connectivity index (χ3n) is 4.91. The zero-order chi connectivity index (χ0) is 18.2. The number of carbonyl (C=O) groups excluding carboxylic acids is 2. The van der Waals surface area contributed by atoms with Crippen molar-refractivity contribution in [1.29, 1.82) is 0 Å². The van der Waals surface area contributed by atoms with E-state index in [1.54, 1.807) is 12.1 Å². The van der Waals surface area contributed by atoms with Crippen LogP contribution in [-0.2, 0) is 20.9 Å². The normalized spacial score (nSPS) is 25.8. The smallest absolute Gasteiger partial charge is 0.310 e. The van der Waals surface area contributed by atoms with Crippen LogP contribution in [0.4, 0.5) is 5.69 Å². The summed E-state index contributed by atoms with van der Waals surface area (Å²) in [5.41, 5.74) is 1.12. The lowest BCUT2D eigenvalue weighted by Crippen LogP contribution is -2.10. The summed E-state index contributed by atoms with van der Waals surface area (Å²) in [5, 5.41) is 10.9. The van der Waals surface area contributed by atoms with E-state index in [9.17, 15) is 19.7 Å². The molecule has 2 atom stereocenters. The Bertz CT molecular complexity index is 770. The topological polar surface area (TPSA) is 86.5 Å². The van der Waals surface area contributed by atoms with Gasteiger partial charge in [-0.3, -0.25) is 19.7 Å². The lowest BCUT2D eigenvalue weighted by atomic mass is 10.1. The summed E-state index contributed by atoms with van der Waals surface area (Å²) >= 11 is 1.32. The Labute approximate surface area is 149 Å². The number of thioether (sulfide) groups is 1. The van der Waals surface area contributed by atoms with Crippen LogP contribution >= 0.6 is 11.8 Å². The Kier molecular flexibility index (Phi) is 4.69. The fraction of sp³-hybridized carbons (Fsp3) is 0.444. The summed E-state index contributed by atoms with van der Waals surface area (Å²) in [7, 11) is 0. The third-order valence-corrected chi connectivity index (χ3v) is 5.85. The van der Waals surface area contributed by atoms with Gasteiger partial charge in [-0.05, 0) is 23.3 Å². The van der Waals surface area contributed by atoms with Gasteiger partial charge < -0.3 is 4.74 Å². The maximum absolute atomic E-state index is 12.4. The van der Waals surface area contributed by atoms with Crippen molar-refractivity contribution in [3.63, 3.8) is 0 Å². The van der Waals surface area contributed by atoms with Crippen LogP contribution in [0.1, 0.15) is 25.8 Å². The molecular formula is C18H19NO5S. The van der Waals surface area contributed by atoms with Crippen LogP contribution in [0.25, 0.3) is 0 Å². The molecular weight excluding hydrogens is 342 g/mol. The van der Waals surface area contributed by atoms with Gasteiger partial charge >= 0.3 is 5.97 Å². The maximum Gasteiger partial charge on any atom is 0.310 e. The second-order valence-electron chi connectivity index (χ2n) is 6.94. The van der Waals surface area contributed by atoms with E-state index in [0.29, 0.717) is 5.56 Å². The highest BCUT2D eigenvalue weighted by molar-refractivity contribution is 8.14. The number of carbonyl (C=O) groups is 2. The molecule has 0 aromatic heterocycles. The van der Waals surface area contributed by atoms with Gasteiger partial charge in [-0.2, -0.15) is 0 Å². The molecule has 0 spiro atoms. The van der Waals surface area contributed by atoms with Gasteiger partial charge in [0, 0.05) is 23.5 Å². The van der Waals surface area contributed by atoms with Crippen molar-refractivity contribution in [1.82, 2.24) is 0 Å². The van der Waals surface area contributed by atoms with Gasteiger partial charge in [0.25, 0.3) is 5.69 Å². The molecule has 1 aromatic carbocycles. The molecule has 2 fully saturated rings. The lowest BCUT2D eigenvalue weighted by Gasteiger charge is -2.05. The van der Waals surface area contributed by atoms with Crippen LogP contribution in [0.3, 0.4) is 0 Å². The van der Waals surface area contributed by atoms with Crippen LogP contribution in [0.5, 0.6) is 0 Å². The van der Waals surface area contributed by atoms with Crippen molar-refractivity contribution >= 4 is 28.5 Å². The number of nitrogens with zero attached hydrogens (tertiary/aromatic N) is 1. The van der Waals surface area contributed by atoms with Gasteiger partial charge in [0.2, 0.25) is 5.12 Å². The zero-order valence-corrected chi connectivity index (χ0v) is 14.9. The summed E-state index contributed by atoms with van der Waals surface area (Å²) in [6, 6.07) is 6.05. The summed E-state index contributed by atoms with van der Waals surface area (Å²) in [6.45, 7) is 3.98. The summed E-state index contributed by atoms with van der Waals surface area (Å²) in [5.74, 6) is 0.205. The minimum absolute atomic E-state index is 0.00256. The van der Waals surface area contributed by atoms with Crippen molar-refractivity contribution in [3.05, 3.63) is 51.6 Å². The molecule has 7 heteroatoms. The first-order valence-corrected chi connectivity index (χ1v) is 9.07. The number of benzene rings is 1. The Balaban J connectivity index is 1.63. The number of allylic oxidation sites excluding steroid dienone is 1. The SMILES string of the molecule is CC1(C)[C@H](C(=O)OCc2cccc([N+](=O)[O-])c2)[C@@H]1/C=C1\CCSC1=O. The Hall–Kier alpha value is -2.15. The molecule has 1 saturated carbocycles. The molecule has 1 saturated heterocycles. The molecule has 25 heavy (non-hydrogen) atoms. The predicted octanol–water partition coefficient (Wildman–Crippen LogP) is 3.50. The first-order chi connectivity index (χ1) is 11.8. The minimum atomic E-state index is -0.478. The molecule has 0 N–H and O–H groups in total. The molecule has 1 heterocycles. The summed E-state index contributed by atoms with van der Waals surface area (Å²) in [6.07, 6.45) is 2.69. The van der Waals surface area contributed by atoms with E-state index in [4.69, 9.17) is 4.74 Å². The number of esters is 1. The van der Waals surface area contributed by atoms with Crippen LogP contribution < -0.4 is 0 Å². The quantitative estimate of drug-likeness (QED) is 0.345. The highest BCUT2D eigenvalue weighted by atomic mass is 32.2. The number of rotatable bonds is 5. The molecule has 2 aliphatic rings. The standard InChI is InChI=1S/C18H19NO5S/c1-18(2)14(9-12-6-7-25-17(12)21)15(18)16(20)24-10-11-4-3-5-13(8-11)19(22)23/h3-5,8-9,14-15H,6-7,10H2,1-2H3/b12-9+/t14-,15-/m0/s1. The summed E-state index contributed by atoms with van der Waals surface area (Å²) < 4.78 is 5.36. The minimum Gasteiger partial charge on any atom is -0.461 e. The van der Waals surface area contributed by atoms with E-state index < -0.39 is 4.92 Å². The van der Waals surface area contributed by atoms with Crippen LogP contribution in [0.15, 0.2) is 35.9 Å². The van der Waals surface area contributed by atoms with E-state index in [0.717, 1.165) is 17.7 Å². The number of nitro groups is 1. The average Bonchev–Trinajstić information content (AvgIpc) is 2.87. The van der Waals surface area contributed by atoms with E-state index >= 15 is 0 Å². The summed E-state index contributed by atoms with van der Waals surface area (Å²) in [4.78, 5) is 34.5. The largest absolute Gasteiger partial charge is 0.461 e. The van der Waals surface area contributed by atoms with E-state index in [2.05, 4.69) is 0 Å². The molecule has 1 aliphatic heterocycles. The average molecular weight is 361 g/mol.